The van der Waals surface area contributed by atoms with Crippen molar-refractivity contribution in [3.63, 3.8) is 0 Å². The third-order valence-corrected chi connectivity index (χ3v) is 8.74. The fourth-order valence-electron chi connectivity index (χ4n) is 6.57. The Bertz CT molecular complexity index is 1410. The first-order chi connectivity index (χ1) is 18.0. The Morgan fingerprint density at radius 2 is 1.87 bits per heavy atom. The minimum absolute atomic E-state index is 0.104. The van der Waals surface area contributed by atoms with Crippen LogP contribution in [0.3, 0.4) is 0 Å². The summed E-state index contributed by atoms with van der Waals surface area (Å²) in [5.74, 6) is -5.03. The number of fused-ring (bicyclic) bond motifs is 3. The van der Waals surface area contributed by atoms with Crippen LogP contribution >= 0.6 is 0 Å². The van der Waals surface area contributed by atoms with Crippen LogP contribution in [0.4, 0.5) is 0 Å². The molecule has 1 aromatic heterocycles. The SMILES string of the molecule is CCC(CC)Cc1cc(-c2ccoc2)c2c(c1O)C(O)=C1C(=O)[C@@]3(O)C(O)=C(C(C)=O)C(=O)C[C@H]3C[C@H]1C2. The van der Waals surface area contributed by atoms with Gasteiger partial charge in [-0.2, -0.15) is 0 Å². The van der Waals surface area contributed by atoms with Crippen molar-refractivity contribution in [2.75, 3.05) is 0 Å². The Labute approximate surface area is 220 Å². The first-order valence-electron chi connectivity index (χ1n) is 13.1. The number of Topliss-reactive ketones (excluding diaryl/α,β-unsaturated/α-hetero) is 3. The monoisotopic (exact) mass is 520 g/mol. The van der Waals surface area contributed by atoms with E-state index in [0.717, 1.165) is 30.9 Å². The number of aliphatic hydroxyl groups excluding tert-OH is 2. The van der Waals surface area contributed by atoms with Crippen LogP contribution in [0, 0.1) is 17.8 Å². The number of carbonyl (C=O) groups excluding carboxylic acids is 3. The molecule has 1 saturated carbocycles. The summed E-state index contributed by atoms with van der Waals surface area (Å²) in [6.45, 7) is 5.24. The maximum absolute atomic E-state index is 13.8. The van der Waals surface area contributed by atoms with E-state index in [1.54, 1.807) is 18.6 Å². The Balaban J connectivity index is 1.73. The van der Waals surface area contributed by atoms with Crippen molar-refractivity contribution in [1.82, 2.24) is 0 Å². The van der Waals surface area contributed by atoms with E-state index in [2.05, 4.69) is 13.8 Å². The molecular weight excluding hydrogens is 488 g/mol. The van der Waals surface area contributed by atoms with Gasteiger partial charge in [-0.3, -0.25) is 14.4 Å². The zero-order valence-corrected chi connectivity index (χ0v) is 21.7. The number of allylic oxidation sites excluding steroid dienone is 1. The number of aromatic hydroxyl groups is 1. The fraction of sp³-hybridized carbons (Fsp3) is 0.433. The lowest BCUT2D eigenvalue weighted by atomic mass is 9.59. The van der Waals surface area contributed by atoms with Crippen LogP contribution in [0.1, 0.15) is 63.1 Å². The van der Waals surface area contributed by atoms with Crippen LogP contribution < -0.4 is 0 Å². The van der Waals surface area contributed by atoms with E-state index < -0.39 is 51.9 Å². The molecule has 1 aromatic carbocycles. The average molecular weight is 521 g/mol. The minimum atomic E-state index is -2.50. The van der Waals surface area contributed by atoms with E-state index >= 15 is 0 Å². The molecule has 0 bridgehead atoms. The third-order valence-electron chi connectivity index (χ3n) is 8.74. The van der Waals surface area contributed by atoms with Gasteiger partial charge in [0.05, 0.1) is 18.1 Å². The number of hydrogen-bond donors (Lipinski definition) is 4. The molecule has 2 aromatic rings. The summed E-state index contributed by atoms with van der Waals surface area (Å²) in [7, 11) is 0. The molecule has 5 rings (SSSR count). The molecule has 0 aliphatic heterocycles. The van der Waals surface area contributed by atoms with Gasteiger partial charge >= 0.3 is 0 Å². The van der Waals surface area contributed by atoms with Crippen molar-refractivity contribution >= 4 is 23.1 Å². The molecule has 200 valence electrons. The number of benzene rings is 1. The van der Waals surface area contributed by atoms with Gasteiger partial charge in [-0.1, -0.05) is 26.7 Å². The lowest BCUT2D eigenvalue weighted by molar-refractivity contribution is -0.147. The molecule has 3 atom stereocenters. The second-order valence-corrected chi connectivity index (χ2v) is 10.8. The summed E-state index contributed by atoms with van der Waals surface area (Å²) in [6, 6.07) is 3.70. The van der Waals surface area contributed by atoms with Crippen molar-refractivity contribution < 1.29 is 39.2 Å². The number of hydrogen-bond acceptors (Lipinski definition) is 8. The van der Waals surface area contributed by atoms with E-state index in [1.165, 1.54) is 0 Å². The number of phenolic OH excluding ortho intramolecular Hbond substituents is 1. The zero-order valence-electron chi connectivity index (χ0n) is 21.7. The highest BCUT2D eigenvalue weighted by Gasteiger charge is 2.60. The molecule has 3 aliphatic carbocycles. The molecule has 0 saturated heterocycles. The van der Waals surface area contributed by atoms with Crippen molar-refractivity contribution in [1.29, 1.82) is 0 Å². The van der Waals surface area contributed by atoms with Crippen LogP contribution in [-0.4, -0.2) is 43.4 Å². The number of furan rings is 1. The quantitative estimate of drug-likeness (QED) is 0.399. The molecule has 0 radical (unpaired) electrons. The van der Waals surface area contributed by atoms with Gasteiger partial charge in [-0.05, 0) is 66.8 Å². The van der Waals surface area contributed by atoms with Crippen LogP contribution in [0.5, 0.6) is 5.75 Å². The predicted molar refractivity (Wildman–Crippen MR) is 138 cm³/mol. The van der Waals surface area contributed by atoms with Gasteiger partial charge in [0.2, 0.25) is 5.78 Å². The number of phenols is 1. The van der Waals surface area contributed by atoms with Gasteiger partial charge in [0.25, 0.3) is 0 Å². The highest BCUT2D eigenvalue weighted by atomic mass is 16.3. The molecule has 1 heterocycles. The molecule has 1 fully saturated rings. The smallest absolute Gasteiger partial charge is 0.202 e. The van der Waals surface area contributed by atoms with Crippen LogP contribution in [-0.2, 0) is 27.2 Å². The molecule has 3 aliphatic rings. The lowest BCUT2D eigenvalue weighted by Gasteiger charge is -2.46. The standard InChI is InChI=1S/C30H32O8/c1-4-15(5-2)8-18-11-20(16-6-7-38-13-16)21-10-17-9-19-12-22(32)23(14(3)31)28(35)30(19,37)29(36)24(17)27(34)25(21)26(18)33/h6-7,11,13,15,17,19,33-35,37H,4-5,8-10,12H2,1-3H3/t17-,19+,30-/m0/s1. The normalized spacial score (nSPS) is 25.0. The summed E-state index contributed by atoms with van der Waals surface area (Å²) < 4.78 is 5.32. The first-order valence-corrected chi connectivity index (χ1v) is 13.1. The second kappa shape index (κ2) is 9.27. The minimum Gasteiger partial charge on any atom is -0.508 e. The fourth-order valence-corrected chi connectivity index (χ4v) is 6.57. The van der Waals surface area contributed by atoms with E-state index in [4.69, 9.17) is 4.42 Å². The molecule has 38 heavy (non-hydrogen) atoms. The molecule has 4 N–H and O–H groups in total. The highest BCUT2D eigenvalue weighted by Crippen LogP contribution is 2.53. The maximum Gasteiger partial charge on any atom is 0.202 e. The van der Waals surface area contributed by atoms with Gasteiger partial charge in [0.15, 0.2) is 17.2 Å². The predicted octanol–water partition coefficient (Wildman–Crippen LogP) is 4.77. The van der Waals surface area contributed by atoms with E-state index in [-0.39, 0.29) is 36.1 Å². The number of aliphatic hydroxyl groups is 3. The molecule has 0 unspecified atom stereocenters. The van der Waals surface area contributed by atoms with E-state index in [9.17, 15) is 34.8 Å². The first kappa shape index (κ1) is 26.0. The van der Waals surface area contributed by atoms with Crippen molar-refractivity contribution in [3.05, 3.63) is 58.3 Å². The molecule has 8 nitrogen and oxygen atoms in total. The van der Waals surface area contributed by atoms with Crippen molar-refractivity contribution in [2.24, 2.45) is 17.8 Å². The van der Waals surface area contributed by atoms with Crippen LogP contribution in [0.25, 0.3) is 16.9 Å². The average Bonchev–Trinajstić information content (AvgIpc) is 3.40. The molecule has 0 spiro atoms. The summed E-state index contributed by atoms with van der Waals surface area (Å²) in [6.07, 6.45) is 5.62. The van der Waals surface area contributed by atoms with Crippen molar-refractivity contribution in [3.8, 4) is 16.9 Å². The molecular formula is C30H32O8. The van der Waals surface area contributed by atoms with Gasteiger partial charge in [-0.25, -0.2) is 0 Å². The third kappa shape index (κ3) is 3.65. The van der Waals surface area contributed by atoms with Gasteiger partial charge < -0.3 is 24.8 Å². The number of carbonyl (C=O) groups is 3. The Kier molecular flexibility index (Phi) is 6.34. The zero-order chi connectivity index (χ0) is 27.5. The molecule has 8 heteroatoms. The summed E-state index contributed by atoms with van der Waals surface area (Å²) in [4.78, 5) is 38.5. The number of ketones is 3. The van der Waals surface area contributed by atoms with Crippen LogP contribution in [0.2, 0.25) is 0 Å². The lowest BCUT2D eigenvalue weighted by Crippen LogP contribution is -2.57. The van der Waals surface area contributed by atoms with E-state index in [0.29, 0.717) is 23.5 Å². The van der Waals surface area contributed by atoms with Crippen LogP contribution in [0.15, 0.2) is 46.0 Å². The second-order valence-electron chi connectivity index (χ2n) is 10.8. The summed E-state index contributed by atoms with van der Waals surface area (Å²) in [5.41, 5.74) is -0.236. The molecule has 0 amide bonds. The Morgan fingerprint density at radius 3 is 2.47 bits per heavy atom. The van der Waals surface area contributed by atoms with Gasteiger partial charge in [0, 0.05) is 23.5 Å². The van der Waals surface area contributed by atoms with Crippen molar-refractivity contribution in [2.45, 2.75) is 64.9 Å². The maximum atomic E-state index is 13.8. The highest BCUT2D eigenvalue weighted by molar-refractivity contribution is 6.23. The number of rotatable bonds is 6. The summed E-state index contributed by atoms with van der Waals surface area (Å²) >= 11 is 0. The largest absolute Gasteiger partial charge is 0.508 e. The van der Waals surface area contributed by atoms with E-state index in [1.807, 2.05) is 6.07 Å². The topological polar surface area (TPSA) is 145 Å². The summed E-state index contributed by atoms with van der Waals surface area (Å²) in [5, 5.41) is 45.3. The Morgan fingerprint density at radius 1 is 1.16 bits per heavy atom. The van der Waals surface area contributed by atoms with Gasteiger partial charge in [-0.15, -0.1) is 0 Å². The Hall–Kier alpha value is -3.65. The van der Waals surface area contributed by atoms with Gasteiger partial charge in [0.1, 0.15) is 22.8 Å².